The summed E-state index contributed by atoms with van der Waals surface area (Å²) in [5.41, 5.74) is 0.972. The third-order valence-electron chi connectivity index (χ3n) is 5.41. The molecule has 2 heterocycles. The van der Waals surface area contributed by atoms with Crippen LogP contribution in [-0.2, 0) is 4.79 Å². The van der Waals surface area contributed by atoms with E-state index < -0.39 is 5.54 Å². The van der Waals surface area contributed by atoms with Crippen molar-refractivity contribution in [2.75, 3.05) is 33.7 Å². The minimum atomic E-state index is -0.580. The zero-order valence-corrected chi connectivity index (χ0v) is 13.1. The minimum Gasteiger partial charge on any atom is -0.312 e. The molecule has 2 saturated heterocycles. The summed E-state index contributed by atoms with van der Waals surface area (Å²) in [6.45, 7) is 2.83. The molecule has 0 aromatic rings. The van der Waals surface area contributed by atoms with E-state index in [1.54, 1.807) is 24.6 Å². The van der Waals surface area contributed by atoms with Gasteiger partial charge in [-0.15, -0.1) is 0 Å². The highest BCUT2D eigenvalue weighted by Crippen LogP contribution is 2.35. The molecule has 21 heavy (non-hydrogen) atoms. The number of likely N-dealkylation sites (N-methyl/N-ethyl adjacent to an activating group) is 2. The number of allylic oxidation sites excluding steroid dienone is 1. The maximum Gasteiger partial charge on any atom is 0.327 e. The predicted octanol–water partition coefficient (Wildman–Crippen LogP) is 1.85. The van der Waals surface area contributed by atoms with Crippen LogP contribution in [-0.4, -0.2) is 65.9 Å². The summed E-state index contributed by atoms with van der Waals surface area (Å²) < 4.78 is 0. The second-order valence-corrected chi connectivity index (χ2v) is 6.62. The third kappa shape index (κ3) is 2.37. The minimum absolute atomic E-state index is 0.0217. The van der Waals surface area contributed by atoms with Gasteiger partial charge < -0.3 is 4.90 Å². The van der Waals surface area contributed by atoms with Gasteiger partial charge in [-0.2, -0.15) is 0 Å². The molecule has 1 aliphatic carbocycles. The normalized spacial score (nSPS) is 26.7. The number of rotatable bonds is 2. The Morgan fingerprint density at radius 1 is 1.14 bits per heavy atom. The van der Waals surface area contributed by atoms with Crippen molar-refractivity contribution in [3.05, 3.63) is 11.6 Å². The fraction of sp³-hybridized carbons (Fsp3) is 0.750. The number of piperidine rings is 1. The lowest BCUT2D eigenvalue weighted by Gasteiger charge is -2.41. The fourth-order valence-electron chi connectivity index (χ4n) is 3.92. The van der Waals surface area contributed by atoms with Crippen LogP contribution in [0.1, 0.15) is 38.5 Å². The van der Waals surface area contributed by atoms with Crippen LogP contribution < -0.4 is 0 Å². The monoisotopic (exact) mass is 291 g/mol. The summed E-state index contributed by atoms with van der Waals surface area (Å²) in [5, 5.41) is 0. The quantitative estimate of drug-likeness (QED) is 0.576. The molecule has 3 amide bonds. The summed E-state index contributed by atoms with van der Waals surface area (Å²) >= 11 is 0. The summed E-state index contributed by atoms with van der Waals surface area (Å²) in [5.74, 6) is -0.0217. The van der Waals surface area contributed by atoms with Gasteiger partial charge in [0.1, 0.15) is 5.54 Å². The number of urea groups is 1. The van der Waals surface area contributed by atoms with Gasteiger partial charge >= 0.3 is 6.03 Å². The molecule has 0 atom stereocenters. The van der Waals surface area contributed by atoms with Crippen molar-refractivity contribution >= 4 is 11.9 Å². The standard InChI is InChI=1S/C16H25N3O2/c1-17-14(20)16(18(2)15(17)21)8-10-19(11-9-16)12-13-6-4-3-5-7-13/h6H,3-5,7-12H2,1-2H3. The van der Waals surface area contributed by atoms with Gasteiger partial charge in [0.2, 0.25) is 0 Å². The van der Waals surface area contributed by atoms with Gasteiger partial charge in [-0.1, -0.05) is 11.6 Å². The van der Waals surface area contributed by atoms with E-state index in [1.807, 2.05) is 0 Å². The van der Waals surface area contributed by atoms with Gasteiger partial charge in [0.25, 0.3) is 5.91 Å². The first-order chi connectivity index (χ1) is 10.0. The molecule has 1 spiro atoms. The highest BCUT2D eigenvalue weighted by atomic mass is 16.2. The van der Waals surface area contributed by atoms with E-state index in [1.165, 1.54) is 30.6 Å². The second kappa shape index (κ2) is 5.44. The number of imide groups is 1. The Morgan fingerprint density at radius 2 is 1.86 bits per heavy atom. The molecule has 3 aliphatic rings. The number of hydrogen-bond acceptors (Lipinski definition) is 3. The van der Waals surface area contributed by atoms with Crippen molar-refractivity contribution in [1.82, 2.24) is 14.7 Å². The van der Waals surface area contributed by atoms with Crippen LogP contribution in [0.5, 0.6) is 0 Å². The van der Waals surface area contributed by atoms with E-state index in [4.69, 9.17) is 0 Å². The van der Waals surface area contributed by atoms with Crippen LogP contribution in [0.25, 0.3) is 0 Å². The number of hydrogen-bond donors (Lipinski definition) is 0. The molecule has 0 aromatic carbocycles. The zero-order valence-electron chi connectivity index (χ0n) is 13.1. The number of carbonyl (C=O) groups excluding carboxylic acids is 2. The summed E-state index contributed by atoms with van der Waals surface area (Å²) in [7, 11) is 3.36. The fourth-order valence-corrected chi connectivity index (χ4v) is 3.92. The summed E-state index contributed by atoms with van der Waals surface area (Å²) in [6, 6.07) is -0.163. The molecule has 5 nitrogen and oxygen atoms in total. The van der Waals surface area contributed by atoms with E-state index in [0.29, 0.717) is 0 Å². The molecule has 0 unspecified atom stereocenters. The van der Waals surface area contributed by atoms with E-state index >= 15 is 0 Å². The van der Waals surface area contributed by atoms with Gasteiger partial charge in [-0.25, -0.2) is 4.79 Å². The Labute approximate surface area is 126 Å². The molecule has 5 heteroatoms. The van der Waals surface area contributed by atoms with Crippen LogP contribution in [0.4, 0.5) is 4.79 Å². The Hall–Kier alpha value is -1.36. The molecule has 0 bridgehead atoms. The smallest absolute Gasteiger partial charge is 0.312 e. The highest BCUT2D eigenvalue weighted by Gasteiger charge is 2.55. The number of amides is 3. The molecule has 3 rings (SSSR count). The van der Waals surface area contributed by atoms with Crippen molar-refractivity contribution in [2.45, 2.75) is 44.1 Å². The molecule has 0 N–H and O–H groups in total. The number of carbonyl (C=O) groups is 2. The first kappa shape index (κ1) is 14.6. The average molecular weight is 291 g/mol. The van der Waals surface area contributed by atoms with E-state index in [9.17, 15) is 9.59 Å². The zero-order chi connectivity index (χ0) is 15.0. The van der Waals surface area contributed by atoms with Crippen molar-refractivity contribution in [1.29, 1.82) is 0 Å². The van der Waals surface area contributed by atoms with E-state index in [-0.39, 0.29) is 11.9 Å². The van der Waals surface area contributed by atoms with Gasteiger partial charge in [-0.3, -0.25) is 14.6 Å². The SMILES string of the molecule is CN1C(=O)N(C)C2(CCN(CC3=CCCCC3)CC2)C1=O. The van der Waals surface area contributed by atoms with Gasteiger partial charge in [0.05, 0.1) is 0 Å². The predicted molar refractivity (Wildman–Crippen MR) is 80.9 cm³/mol. The topological polar surface area (TPSA) is 43.9 Å². The maximum absolute atomic E-state index is 12.4. The first-order valence-corrected chi connectivity index (χ1v) is 8.01. The molecular formula is C16H25N3O2. The van der Waals surface area contributed by atoms with Crippen LogP contribution in [0, 0.1) is 0 Å². The van der Waals surface area contributed by atoms with Gasteiger partial charge in [-0.05, 0) is 38.5 Å². The summed E-state index contributed by atoms with van der Waals surface area (Å²) in [6.07, 6.45) is 8.97. The highest BCUT2D eigenvalue weighted by molar-refractivity contribution is 6.06. The lowest BCUT2D eigenvalue weighted by molar-refractivity contribution is -0.134. The van der Waals surface area contributed by atoms with Crippen molar-refractivity contribution in [3.8, 4) is 0 Å². The van der Waals surface area contributed by atoms with Gasteiger partial charge in [0.15, 0.2) is 0 Å². The summed E-state index contributed by atoms with van der Waals surface area (Å²) in [4.78, 5) is 29.8. The Morgan fingerprint density at radius 3 is 2.38 bits per heavy atom. The molecule has 0 radical (unpaired) electrons. The van der Waals surface area contributed by atoms with Crippen LogP contribution in [0.15, 0.2) is 11.6 Å². The Kier molecular flexibility index (Phi) is 3.78. The molecule has 116 valence electrons. The molecular weight excluding hydrogens is 266 g/mol. The molecule has 0 saturated carbocycles. The lowest BCUT2D eigenvalue weighted by atomic mass is 9.86. The van der Waals surface area contributed by atoms with Crippen LogP contribution >= 0.6 is 0 Å². The average Bonchev–Trinajstić information content (AvgIpc) is 2.67. The van der Waals surface area contributed by atoms with E-state index in [0.717, 1.165) is 32.5 Å². The molecule has 0 aromatic heterocycles. The van der Waals surface area contributed by atoms with Crippen molar-refractivity contribution < 1.29 is 9.59 Å². The first-order valence-electron chi connectivity index (χ1n) is 8.01. The van der Waals surface area contributed by atoms with Gasteiger partial charge in [0, 0.05) is 33.7 Å². The van der Waals surface area contributed by atoms with Crippen LogP contribution in [0.3, 0.4) is 0 Å². The second-order valence-electron chi connectivity index (χ2n) is 6.62. The van der Waals surface area contributed by atoms with Crippen molar-refractivity contribution in [2.24, 2.45) is 0 Å². The van der Waals surface area contributed by atoms with E-state index in [2.05, 4.69) is 11.0 Å². The molecule has 2 fully saturated rings. The van der Waals surface area contributed by atoms with Crippen LogP contribution in [0.2, 0.25) is 0 Å². The number of nitrogens with zero attached hydrogens (tertiary/aromatic N) is 3. The lowest BCUT2D eigenvalue weighted by Crippen LogP contribution is -2.55. The third-order valence-corrected chi connectivity index (χ3v) is 5.41. The Balaban J connectivity index is 1.63. The Bertz CT molecular complexity index is 478. The number of likely N-dealkylation sites (tertiary alicyclic amines) is 1. The largest absolute Gasteiger partial charge is 0.327 e. The molecule has 2 aliphatic heterocycles. The van der Waals surface area contributed by atoms with Crippen molar-refractivity contribution in [3.63, 3.8) is 0 Å². The maximum atomic E-state index is 12.4.